The normalized spacial score (nSPS) is 11.0. The SMILES string of the molecule is Oc1c(I)cc(/C=N\NCc2c(Cl)cccc2Cl)cc1I. The van der Waals surface area contributed by atoms with Crippen LogP contribution in [0, 0.1) is 7.14 Å². The smallest absolute Gasteiger partial charge is 0.142 e. The van der Waals surface area contributed by atoms with Gasteiger partial charge in [0.05, 0.1) is 19.9 Å². The van der Waals surface area contributed by atoms with Crippen LogP contribution in [-0.2, 0) is 6.54 Å². The molecule has 0 heterocycles. The topological polar surface area (TPSA) is 44.6 Å². The van der Waals surface area contributed by atoms with Crippen molar-refractivity contribution in [3.8, 4) is 5.75 Å². The van der Waals surface area contributed by atoms with Crippen LogP contribution in [0.1, 0.15) is 11.1 Å². The second-order valence-corrected chi connectivity index (χ2v) is 7.27. The summed E-state index contributed by atoms with van der Waals surface area (Å²) in [6, 6.07) is 9.09. The van der Waals surface area contributed by atoms with Gasteiger partial charge in [-0.15, -0.1) is 0 Å². The van der Waals surface area contributed by atoms with E-state index in [0.29, 0.717) is 22.3 Å². The second kappa shape index (κ2) is 7.85. The van der Waals surface area contributed by atoms with Crippen LogP contribution < -0.4 is 5.43 Å². The first-order valence-electron chi connectivity index (χ1n) is 5.86. The second-order valence-electron chi connectivity index (χ2n) is 4.13. The fourth-order valence-corrected chi connectivity index (χ4v) is 3.95. The number of nitrogens with zero attached hydrogens (tertiary/aromatic N) is 1. The maximum absolute atomic E-state index is 9.71. The van der Waals surface area contributed by atoms with E-state index in [9.17, 15) is 5.11 Å². The van der Waals surface area contributed by atoms with Gasteiger partial charge in [-0.25, -0.2) is 0 Å². The summed E-state index contributed by atoms with van der Waals surface area (Å²) in [5, 5.41) is 15.1. The van der Waals surface area contributed by atoms with E-state index in [1.54, 1.807) is 24.4 Å². The third-order valence-corrected chi connectivity index (χ3v) is 5.01. The molecule has 0 aliphatic rings. The molecule has 0 atom stereocenters. The van der Waals surface area contributed by atoms with Gasteiger partial charge in [0, 0.05) is 15.6 Å². The molecule has 0 fully saturated rings. The van der Waals surface area contributed by atoms with E-state index < -0.39 is 0 Å². The van der Waals surface area contributed by atoms with Crippen LogP contribution in [-0.4, -0.2) is 11.3 Å². The first-order valence-corrected chi connectivity index (χ1v) is 8.77. The maximum atomic E-state index is 9.71. The van der Waals surface area contributed by atoms with E-state index in [-0.39, 0.29) is 0 Å². The molecule has 7 heteroatoms. The number of benzene rings is 2. The third kappa shape index (κ3) is 4.61. The Labute approximate surface area is 160 Å². The molecule has 0 unspecified atom stereocenters. The van der Waals surface area contributed by atoms with Crippen molar-refractivity contribution >= 4 is 74.6 Å². The van der Waals surface area contributed by atoms with Gasteiger partial charge in [0.25, 0.3) is 0 Å². The summed E-state index contributed by atoms with van der Waals surface area (Å²) in [5.41, 5.74) is 4.63. The van der Waals surface area contributed by atoms with Crippen LogP contribution in [0.4, 0.5) is 0 Å². The van der Waals surface area contributed by atoms with Crippen LogP contribution in [0.2, 0.25) is 10.0 Å². The van der Waals surface area contributed by atoms with E-state index in [1.165, 1.54) is 0 Å². The Bertz CT molecular complexity index is 649. The maximum Gasteiger partial charge on any atom is 0.142 e. The summed E-state index contributed by atoms with van der Waals surface area (Å²) < 4.78 is 1.57. The van der Waals surface area contributed by atoms with E-state index in [4.69, 9.17) is 23.2 Å². The Balaban J connectivity index is 2.03. The highest BCUT2D eigenvalue weighted by atomic mass is 127. The number of phenols is 1. The van der Waals surface area contributed by atoms with Crippen molar-refractivity contribution < 1.29 is 5.11 Å². The Hall–Kier alpha value is -0.250. The molecule has 0 aliphatic heterocycles. The number of aromatic hydroxyl groups is 1. The van der Waals surface area contributed by atoms with Crippen LogP contribution in [0.3, 0.4) is 0 Å². The van der Waals surface area contributed by atoms with Gasteiger partial charge in [0.2, 0.25) is 0 Å². The average molecular weight is 547 g/mol. The van der Waals surface area contributed by atoms with Crippen LogP contribution in [0.5, 0.6) is 5.75 Å². The number of phenolic OH excluding ortho intramolecular Hbond substituents is 1. The Morgan fingerprint density at radius 3 is 2.29 bits per heavy atom. The lowest BCUT2D eigenvalue weighted by Crippen LogP contribution is -2.06. The summed E-state index contributed by atoms with van der Waals surface area (Å²) in [6.45, 7) is 0.446. The van der Waals surface area contributed by atoms with E-state index >= 15 is 0 Å². The molecule has 2 N–H and O–H groups in total. The van der Waals surface area contributed by atoms with Crippen molar-refractivity contribution in [2.75, 3.05) is 0 Å². The lowest BCUT2D eigenvalue weighted by molar-refractivity contribution is 0.467. The molecule has 0 radical (unpaired) electrons. The molecule has 0 saturated heterocycles. The van der Waals surface area contributed by atoms with Crippen molar-refractivity contribution in [1.82, 2.24) is 5.43 Å². The molecular weight excluding hydrogens is 537 g/mol. The molecule has 21 heavy (non-hydrogen) atoms. The fraction of sp³-hybridized carbons (Fsp3) is 0.0714. The molecule has 2 aromatic carbocycles. The van der Waals surface area contributed by atoms with Gasteiger partial charge < -0.3 is 10.5 Å². The summed E-state index contributed by atoms with van der Waals surface area (Å²) in [5.74, 6) is 0.296. The Kier molecular flexibility index (Phi) is 6.39. The molecular formula is C14H10Cl2I2N2O. The number of hydrogen-bond acceptors (Lipinski definition) is 3. The first kappa shape index (κ1) is 17.1. The first-order chi connectivity index (χ1) is 9.99. The molecule has 2 aromatic rings. The standard InChI is InChI=1S/C14H10Cl2I2N2O/c15-10-2-1-3-11(16)9(10)7-20-19-6-8-4-12(17)14(21)13(18)5-8/h1-6,20-21H,7H2/b19-6-. The average Bonchev–Trinajstić information content (AvgIpc) is 2.43. The van der Waals surface area contributed by atoms with Crippen LogP contribution >= 0.6 is 68.4 Å². The monoisotopic (exact) mass is 546 g/mol. The molecule has 0 saturated carbocycles. The minimum Gasteiger partial charge on any atom is -0.506 e. The molecule has 0 amide bonds. The highest BCUT2D eigenvalue weighted by Gasteiger charge is 2.05. The van der Waals surface area contributed by atoms with Crippen molar-refractivity contribution in [2.45, 2.75) is 6.54 Å². The zero-order valence-electron chi connectivity index (χ0n) is 10.6. The van der Waals surface area contributed by atoms with Crippen molar-refractivity contribution in [3.63, 3.8) is 0 Å². The molecule has 0 bridgehead atoms. The fourth-order valence-electron chi connectivity index (χ4n) is 1.61. The minimum atomic E-state index is 0.296. The van der Waals surface area contributed by atoms with E-state index in [2.05, 4.69) is 55.7 Å². The predicted molar refractivity (Wildman–Crippen MR) is 104 cm³/mol. The zero-order chi connectivity index (χ0) is 15.4. The van der Waals surface area contributed by atoms with Crippen molar-refractivity contribution in [3.05, 3.63) is 58.6 Å². The minimum absolute atomic E-state index is 0.296. The number of nitrogens with one attached hydrogen (secondary N) is 1. The van der Waals surface area contributed by atoms with E-state index in [0.717, 1.165) is 18.3 Å². The predicted octanol–water partition coefficient (Wildman–Crippen LogP) is 5.03. The van der Waals surface area contributed by atoms with Crippen LogP contribution in [0.25, 0.3) is 0 Å². The Morgan fingerprint density at radius 1 is 1.14 bits per heavy atom. The third-order valence-electron chi connectivity index (χ3n) is 2.66. The van der Waals surface area contributed by atoms with Gasteiger partial charge in [-0.05, 0) is 75.0 Å². The summed E-state index contributed by atoms with van der Waals surface area (Å²) in [4.78, 5) is 0. The highest BCUT2D eigenvalue weighted by molar-refractivity contribution is 14.1. The molecule has 0 spiro atoms. The Morgan fingerprint density at radius 2 is 1.71 bits per heavy atom. The summed E-state index contributed by atoms with van der Waals surface area (Å²) in [6.07, 6.45) is 1.69. The van der Waals surface area contributed by atoms with E-state index in [1.807, 2.05) is 12.1 Å². The van der Waals surface area contributed by atoms with Gasteiger partial charge in [0.1, 0.15) is 5.75 Å². The highest BCUT2D eigenvalue weighted by Crippen LogP contribution is 2.27. The molecule has 0 aromatic heterocycles. The lowest BCUT2D eigenvalue weighted by Gasteiger charge is -2.06. The summed E-state index contributed by atoms with van der Waals surface area (Å²) >= 11 is 16.3. The number of hydrogen-bond donors (Lipinski definition) is 2. The molecule has 0 aliphatic carbocycles. The number of rotatable bonds is 4. The van der Waals surface area contributed by atoms with Crippen LogP contribution in [0.15, 0.2) is 35.4 Å². The quantitative estimate of drug-likeness (QED) is 0.321. The molecule has 2 rings (SSSR count). The summed E-state index contributed by atoms with van der Waals surface area (Å²) in [7, 11) is 0. The number of halogens is 4. The molecule has 110 valence electrons. The van der Waals surface area contributed by atoms with Crippen molar-refractivity contribution in [1.29, 1.82) is 0 Å². The number of hydrazone groups is 1. The van der Waals surface area contributed by atoms with Gasteiger partial charge in [0.15, 0.2) is 0 Å². The molecule has 3 nitrogen and oxygen atoms in total. The van der Waals surface area contributed by atoms with Crippen molar-refractivity contribution in [2.24, 2.45) is 5.10 Å². The van der Waals surface area contributed by atoms with Gasteiger partial charge in [-0.3, -0.25) is 0 Å². The zero-order valence-corrected chi connectivity index (χ0v) is 16.4. The van der Waals surface area contributed by atoms with Gasteiger partial charge in [-0.1, -0.05) is 29.3 Å². The largest absolute Gasteiger partial charge is 0.506 e. The van der Waals surface area contributed by atoms with Gasteiger partial charge in [-0.2, -0.15) is 5.10 Å². The van der Waals surface area contributed by atoms with Gasteiger partial charge >= 0.3 is 0 Å². The lowest BCUT2D eigenvalue weighted by atomic mass is 10.2.